The van der Waals surface area contributed by atoms with Gasteiger partial charge in [0, 0.05) is 13.0 Å². The molecular formula is C14H15ClN2O3. The Morgan fingerprint density at radius 1 is 1.55 bits per heavy atom. The Bertz CT molecular complexity index is 659. The van der Waals surface area contributed by atoms with Crippen molar-refractivity contribution >= 4 is 17.6 Å². The number of esters is 1. The third-order valence-corrected chi connectivity index (χ3v) is 3.96. The van der Waals surface area contributed by atoms with Crippen molar-refractivity contribution in [3.8, 4) is 11.6 Å². The molecule has 2 aromatic heterocycles. The average molecular weight is 295 g/mol. The molecule has 3 rings (SSSR count). The lowest BCUT2D eigenvalue weighted by atomic mass is 9.96. The van der Waals surface area contributed by atoms with Crippen LogP contribution < -0.4 is 0 Å². The van der Waals surface area contributed by atoms with Crippen LogP contribution in [0.2, 0.25) is 5.15 Å². The van der Waals surface area contributed by atoms with Gasteiger partial charge in [-0.1, -0.05) is 11.6 Å². The van der Waals surface area contributed by atoms with Crippen LogP contribution in [0.1, 0.15) is 17.9 Å². The summed E-state index contributed by atoms with van der Waals surface area (Å²) >= 11 is 6.21. The first kappa shape index (κ1) is 13.2. The van der Waals surface area contributed by atoms with Gasteiger partial charge in [0.2, 0.25) is 0 Å². The van der Waals surface area contributed by atoms with Crippen LogP contribution in [-0.4, -0.2) is 22.6 Å². The zero-order valence-electron chi connectivity index (χ0n) is 11.4. The molecule has 0 saturated heterocycles. The first-order chi connectivity index (χ1) is 9.60. The van der Waals surface area contributed by atoms with Crippen LogP contribution in [-0.2, 0) is 22.5 Å². The third kappa shape index (κ3) is 2.12. The maximum Gasteiger partial charge on any atom is 0.309 e. The highest BCUT2D eigenvalue weighted by Gasteiger charge is 2.30. The Hall–Kier alpha value is -1.75. The van der Waals surface area contributed by atoms with Gasteiger partial charge in [-0.25, -0.2) is 4.98 Å². The van der Waals surface area contributed by atoms with Crippen LogP contribution in [0.4, 0.5) is 0 Å². The molecule has 0 N–H and O–H groups in total. The maximum atomic E-state index is 11.7. The minimum atomic E-state index is -0.191. The molecule has 0 spiro atoms. The van der Waals surface area contributed by atoms with Gasteiger partial charge in [0.15, 0.2) is 16.7 Å². The van der Waals surface area contributed by atoms with Crippen LogP contribution in [0, 0.1) is 12.8 Å². The van der Waals surface area contributed by atoms with Gasteiger partial charge in [-0.2, -0.15) is 0 Å². The van der Waals surface area contributed by atoms with Gasteiger partial charge in [0.1, 0.15) is 5.76 Å². The van der Waals surface area contributed by atoms with Crippen molar-refractivity contribution in [1.29, 1.82) is 0 Å². The van der Waals surface area contributed by atoms with Crippen LogP contribution in [0.15, 0.2) is 16.5 Å². The number of halogens is 1. The number of aromatic nitrogens is 2. The van der Waals surface area contributed by atoms with E-state index >= 15 is 0 Å². The number of hydrogen-bond acceptors (Lipinski definition) is 4. The van der Waals surface area contributed by atoms with E-state index in [4.69, 9.17) is 20.8 Å². The van der Waals surface area contributed by atoms with Gasteiger partial charge in [0.25, 0.3) is 0 Å². The molecule has 1 aliphatic rings. The molecule has 6 heteroatoms. The molecule has 1 unspecified atom stereocenters. The normalized spacial score (nSPS) is 17.9. The molecule has 1 atom stereocenters. The van der Waals surface area contributed by atoms with Gasteiger partial charge < -0.3 is 13.7 Å². The molecular weight excluding hydrogens is 280 g/mol. The van der Waals surface area contributed by atoms with Crippen LogP contribution in [0.3, 0.4) is 0 Å². The smallest absolute Gasteiger partial charge is 0.309 e. The molecule has 0 saturated carbocycles. The Labute approximate surface area is 121 Å². The number of hydrogen-bond donors (Lipinski definition) is 0. The first-order valence-electron chi connectivity index (χ1n) is 6.49. The van der Waals surface area contributed by atoms with Crippen molar-refractivity contribution in [1.82, 2.24) is 9.55 Å². The number of furan rings is 1. The molecule has 1 aliphatic heterocycles. The predicted molar refractivity (Wildman–Crippen MR) is 73.5 cm³/mol. The van der Waals surface area contributed by atoms with Gasteiger partial charge in [-0.3, -0.25) is 4.79 Å². The van der Waals surface area contributed by atoms with E-state index in [2.05, 4.69) is 4.98 Å². The van der Waals surface area contributed by atoms with Crippen molar-refractivity contribution in [3.05, 3.63) is 28.7 Å². The van der Waals surface area contributed by atoms with E-state index in [0.717, 1.165) is 23.7 Å². The number of aryl methyl sites for hydroxylation is 1. The van der Waals surface area contributed by atoms with E-state index in [1.807, 2.05) is 23.6 Å². The molecule has 0 radical (unpaired) electrons. The molecule has 0 aliphatic carbocycles. The maximum absolute atomic E-state index is 11.7. The monoisotopic (exact) mass is 294 g/mol. The van der Waals surface area contributed by atoms with Crippen molar-refractivity contribution in [2.24, 2.45) is 5.92 Å². The highest BCUT2D eigenvalue weighted by Crippen LogP contribution is 2.33. The summed E-state index contributed by atoms with van der Waals surface area (Å²) in [6.45, 7) is 2.57. The molecule has 3 heterocycles. The van der Waals surface area contributed by atoms with Gasteiger partial charge in [-0.05, 0) is 25.5 Å². The fourth-order valence-corrected chi connectivity index (χ4v) is 2.88. The van der Waals surface area contributed by atoms with E-state index in [0.29, 0.717) is 23.9 Å². The second kappa shape index (κ2) is 4.98. The zero-order chi connectivity index (χ0) is 14.3. The minimum Gasteiger partial charge on any atom is -0.469 e. The lowest BCUT2D eigenvalue weighted by Crippen LogP contribution is -2.26. The fourth-order valence-electron chi connectivity index (χ4n) is 2.62. The Morgan fingerprint density at radius 2 is 2.35 bits per heavy atom. The second-order valence-electron chi connectivity index (χ2n) is 4.95. The third-order valence-electron chi connectivity index (χ3n) is 3.66. The summed E-state index contributed by atoms with van der Waals surface area (Å²) in [7, 11) is 1.41. The Kier molecular flexibility index (Phi) is 3.30. The van der Waals surface area contributed by atoms with E-state index in [-0.39, 0.29) is 11.9 Å². The zero-order valence-corrected chi connectivity index (χ0v) is 12.1. The number of carbonyl (C=O) groups excluding carboxylic acids is 1. The average Bonchev–Trinajstić information content (AvgIpc) is 3.02. The number of rotatable bonds is 2. The summed E-state index contributed by atoms with van der Waals surface area (Å²) in [5.41, 5.74) is 0.873. The van der Waals surface area contributed by atoms with E-state index < -0.39 is 0 Å². The van der Waals surface area contributed by atoms with Crippen molar-refractivity contribution < 1.29 is 13.9 Å². The molecule has 2 aromatic rings. The number of fused-ring (bicyclic) bond motifs is 1. The second-order valence-corrected chi connectivity index (χ2v) is 5.31. The predicted octanol–water partition coefficient (Wildman–Crippen LogP) is 2.84. The lowest BCUT2D eigenvalue weighted by Gasteiger charge is -2.22. The number of imidazole rings is 1. The first-order valence-corrected chi connectivity index (χ1v) is 6.87. The van der Waals surface area contributed by atoms with Crippen LogP contribution in [0.25, 0.3) is 11.6 Å². The molecule has 0 amide bonds. The summed E-state index contributed by atoms with van der Waals surface area (Å²) in [6, 6.07) is 3.78. The largest absolute Gasteiger partial charge is 0.469 e. The number of nitrogens with zero attached hydrogens (tertiary/aromatic N) is 2. The van der Waals surface area contributed by atoms with Gasteiger partial charge in [0.05, 0.1) is 18.7 Å². The summed E-state index contributed by atoms with van der Waals surface area (Å²) < 4.78 is 12.4. The summed E-state index contributed by atoms with van der Waals surface area (Å²) in [5.74, 6) is 1.92. The molecule has 0 fully saturated rings. The standard InChI is InChI=1S/C14H15ClN2O3/c1-8-3-4-11(20-8)13-16-12(15)10-7-9(14(18)19-2)5-6-17(10)13/h3-4,9H,5-7H2,1-2H3. The van der Waals surface area contributed by atoms with Crippen molar-refractivity contribution in [2.75, 3.05) is 7.11 Å². The highest BCUT2D eigenvalue weighted by molar-refractivity contribution is 6.30. The molecule has 106 valence electrons. The molecule has 0 aromatic carbocycles. The lowest BCUT2D eigenvalue weighted by molar-refractivity contribution is -0.146. The topological polar surface area (TPSA) is 57.3 Å². The Morgan fingerprint density at radius 3 is 3.00 bits per heavy atom. The number of methoxy groups -OCH3 is 1. The Balaban J connectivity index is 1.97. The van der Waals surface area contributed by atoms with Crippen LogP contribution >= 0.6 is 11.6 Å². The molecule has 0 bridgehead atoms. The minimum absolute atomic E-state index is 0.145. The molecule has 20 heavy (non-hydrogen) atoms. The van der Waals surface area contributed by atoms with Crippen molar-refractivity contribution in [2.45, 2.75) is 26.3 Å². The van der Waals surface area contributed by atoms with E-state index in [9.17, 15) is 4.79 Å². The van der Waals surface area contributed by atoms with Gasteiger partial charge in [-0.15, -0.1) is 0 Å². The summed E-state index contributed by atoms with van der Waals surface area (Å²) in [5, 5.41) is 0.433. The molecule has 5 nitrogen and oxygen atoms in total. The summed E-state index contributed by atoms with van der Waals surface area (Å²) in [6.07, 6.45) is 1.28. The quantitative estimate of drug-likeness (QED) is 0.799. The highest BCUT2D eigenvalue weighted by atomic mass is 35.5. The SMILES string of the molecule is COC(=O)C1CCn2c(-c3ccc(C)o3)nc(Cl)c2C1. The van der Waals surface area contributed by atoms with Gasteiger partial charge >= 0.3 is 5.97 Å². The van der Waals surface area contributed by atoms with E-state index in [1.54, 1.807) is 0 Å². The number of carbonyl (C=O) groups is 1. The number of ether oxygens (including phenoxy) is 1. The fraction of sp³-hybridized carbons (Fsp3) is 0.429. The van der Waals surface area contributed by atoms with E-state index in [1.165, 1.54) is 7.11 Å². The van der Waals surface area contributed by atoms with Crippen molar-refractivity contribution in [3.63, 3.8) is 0 Å². The summed E-state index contributed by atoms with van der Waals surface area (Å²) in [4.78, 5) is 16.0. The van der Waals surface area contributed by atoms with Crippen LogP contribution in [0.5, 0.6) is 0 Å².